The minimum Gasteiger partial charge on any atom is -0.395 e. The summed E-state index contributed by atoms with van der Waals surface area (Å²) in [5.41, 5.74) is 0. The molecule has 5 unspecified atom stereocenters. The smallest absolute Gasteiger partial charge is 0.0586 e. The number of hydrogen-bond donors (Lipinski definition) is 2. The van der Waals surface area contributed by atoms with Gasteiger partial charge in [0.15, 0.2) is 0 Å². The van der Waals surface area contributed by atoms with E-state index in [2.05, 4.69) is 31.0 Å². The first-order chi connectivity index (χ1) is 9.65. The van der Waals surface area contributed by atoms with Gasteiger partial charge in [0.25, 0.3) is 0 Å². The zero-order valence-electron chi connectivity index (χ0n) is 13.6. The van der Waals surface area contributed by atoms with Crippen LogP contribution in [0.3, 0.4) is 0 Å². The Labute approximate surface area is 125 Å². The highest BCUT2D eigenvalue weighted by atomic mass is 16.3. The monoisotopic (exact) mass is 282 g/mol. The van der Waals surface area contributed by atoms with Crippen molar-refractivity contribution < 1.29 is 5.11 Å². The Morgan fingerprint density at radius 2 is 2.05 bits per heavy atom. The van der Waals surface area contributed by atoms with Crippen LogP contribution in [0.15, 0.2) is 0 Å². The third-order valence-corrected chi connectivity index (χ3v) is 5.49. The molecule has 1 saturated heterocycles. The van der Waals surface area contributed by atoms with E-state index in [1.54, 1.807) is 0 Å². The first-order valence-electron chi connectivity index (χ1n) is 8.74. The molecule has 5 atom stereocenters. The Morgan fingerprint density at radius 1 is 1.25 bits per heavy atom. The predicted molar refractivity (Wildman–Crippen MR) is 84.8 cm³/mol. The number of aliphatic hydroxyl groups excluding tert-OH is 1. The summed E-state index contributed by atoms with van der Waals surface area (Å²) in [6, 6.07) is 1.10. The highest BCUT2D eigenvalue weighted by Gasteiger charge is 2.36. The van der Waals surface area contributed by atoms with Gasteiger partial charge in [-0.05, 0) is 62.9 Å². The summed E-state index contributed by atoms with van der Waals surface area (Å²) < 4.78 is 0. The topological polar surface area (TPSA) is 35.5 Å². The van der Waals surface area contributed by atoms with Crippen molar-refractivity contribution in [2.75, 3.05) is 26.2 Å². The molecule has 0 spiro atoms. The van der Waals surface area contributed by atoms with Crippen molar-refractivity contribution in [1.82, 2.24) is 10.2 Å². The summed E-state index contributed by atoms with van der Waals surface area (Å²) in [5, 5.41) is 13.3. The average Bonchev–Trinajstić information content (AvgIpc) is 2.87. The minimum atomic E-state index is 0.338. The highest BCUT2D eigenvalue weighted by Crippen LogP contribution is 2.35. The second-order valence-corrected chi connectivity index (χ2v) is 7.25. The van der Waals surface area contributed by atoms with E-state index in [1.807, 2.05) is 0 Å². The highest BCUT2D eigenvalue weighted by molar-refractivity contribution is 4.91. The molecular weight excluding hydrogens is 248 g/mol. The molecule has 1 heterocycles. The Kier molecular flexibility index (Phi) is 6.31. The van der Waals surface area contributed by atoms with Crippen LogP contribution in [0.2, 0.25) is 0 Å². The van der Waals surface area contributed by atoms with E-state index in [1.165, 1.54) is 45.2 Å². The molecule has 0 aromatic carbocycles. The van der Waals surface area contributed by atoms with Crippen molar-refractivity contribution in [2.24, 2.45) is 17.8 Å². The first kappa shape index (κ1) is 16.3. The zero-order chi connectivity index (χ0) is 14.5. The van der Waals surface area contributed by atoms with Gasteiger partial charge in [0.05, 0.1) is 6.61 Å². The fraction of sp³-hybridized carbons (Fsp3) is 1.00. The van der Waals surface area contributed by atoms with Gasteiger partial charge in [-0.2, -0.15) is 0 Å². The molecule has 2 N–H and O–H groups in total. The van der Waals surface area contributed by atoms with Crippen molar-refractivity contribution in [3.8, 4) is 0 Å². The quantitative estimate of drug-likeness (QED) is 0.786. The van der Waals surface area contributed by atoms with Crippen molar-refractivity contribution in [3.05, 3.63) is 0 Å². The van der Waals surface area contributed by atoms with Gasteiger partial charge in [-0.1, -0.05) is 20.8 Å². The van der Waals surface area contributed by atoms with Gasteiger partial charge in [-0.15, -0.1) is 0 Å². The zero-order valence-corrected chi connectivity index (χ0v) is 13.6. The van der Waals surface area contributed by atoms with Crippen molar-refractivity contribution >= 4 is 0 Å². The lowest BCUT2D eigenvalue weighted by Gasteiger charge is -2.42. The molecule has 20 heavy (non-hydrogen) atoms. The molecule has 1 saturated carbocycles. The molecule has 3 heteroatoms. The number of rotatable bonds is 6. The van der Waals surface area contributed by atoms with E-state index < -0.39 is 0 Å². The van der Waals surface area contributed by atoms with Gasteiger partial charge in [0.1, 0.15) is 0 Å². The Hall–Kier alpha value is -0.120. The lowest BCUT2D eigenvalue weighted by molar-refractivity contribution is 0.0787. The molecule has 2 rings (SSSR count). The molecule has 3 nitrogen and oxygen atoms in total. The lowest BCUT2D eigenvalue weighted by atomic mass is 9.72. The molecule has 0 radical (unpaired) electrons. The second-order valence-electron chi connectivity index (χ2n) is 7.25. The van der Waals surface area contributed by atoms with Crippen LogP contribution in [0, 0.1) is 17.8 Å². The fourth-order valence-corrected chi connectivity index (χ4v) is 4.40. The molecule has 0 bridgehead atoms. The van der Waals surface area contributed by atoms with Crippen LogP contribution >= 0.6 is 0 Å². The van der Waals surface area contributed by atoms with Crippen LogP contribution in [-0.2, 0) is 0 Å². The predicted octanol–water partition coefficient (Wildman–Crippen LogP) is 2.49. The standard InChI is InChI=1S/C17H34N2O/c1-4-7-18-17-10-13(2)9-14(3)16(17)11-19-8-5-6-15(19)12-20/h13-18,20H,4-12H2,1-3H3. The largest absolute Gasteiger partial charge is 0.395 e. The lowest BCUT2D eigenvalue weighted by Crippen LogP contribution is -2.50. The van der Waals surface area contributed by atoms with E-state index in [4.69, 9.17) is 0 Å². The maximum absolute atomic E-state index is 9.52. The van der Waals surface area contributed by atoms with E-state index >= 15 is 0 Å². The molecule has 0 aromatic rings. The maximum Gasteiger partial charge on any atom is 0.0586 e. The maximum atomic E-state index is 9.52. The van der Waals surface area contributed by atoms with Gasteiger partial charge < -0.3 is 10.4 Å². The summed E-state index contributed by atoms with van der Waals surface area (Å²) in [6.07, 6.45) is 6.35. The van der Waals surface area contributed by atoms with E-state index in [0.717, 1.165) is 24.3 Å². The SMILES string of the molecule is CCCNC1CC(C)CC(C)C1CN1CCCC1CO. The van der Waals surface area contributed by atoms with Crippen LogP contribution in [0.5, 0.6) is 0 Å². The molecule has 0 amide bonds. The number of likely N-dealkylation sites (tertiary alicyclic amines) is 1. The summed E-state index contributed by atoms with van der Waals surface area (Å²) in [7, 11) is 0. The molecule has 1 aliphatic heterocycles. The van der Waals surface area contributed by atoms with Gasteiger partial charge >= 0.3 is 0 Å². The Morgan fingerprint density at radius 3 is 2.75 bits per heavy atom. The van der Waals surface area contributed by atoms with Crippen molar-refractivity contribution in [2.45, 2.75) is 65.0 Å². The third-order valence-electron chi connectivity index (χ3n) is 5.49. The number of nitrogens with zero attached hydrogens (tertiary/aromatic N) is 1. The second kappa shape index (κ2) is 7.77. The summed E-state index contributed by atoms with van der Waals surface area (Å²) in [6.45, 7) is 10.9. The van der Waals surface area contributed by atoms with Gasteiger partial charge in [-0.3, -0.25) is 4.90 Å². The normalized spacial score (nSPS) is 39.3. The molecule has 2 fully saturated rings. The molecular formula is C17H34N2O. The molecule has 1 aliphatic carbocycles. The number of nitrogens with one attached hydrogen (secondary N) is 1. The molecule has 2 aliphatic rings. The summed E-state index contributed by atoms with van der Waals surface area (Å²) >= 11 is 0. The number of hydrogen-bond acceptors (Lipinski definition) is 3. The third kappa shape index (κ3) is 3.96. The Bertz CT molecular complexity index is 284. The Balaban J connectivity index is 1.97. The minimum absolute atomic E-state index is 0.338. The van der Waals surface area contributed by atoms with Crippen LogP contribution in [-0.4, -0.2) is 48.3 Å². The first-order valence-corrected chi connectivity index (χ1v) is 8.74. The van der Waals surface area contributed by atoms with Crippen LogP contribution in [0.1, 0.15) is 52.9 Å². The van der Waals surface area contributed by atoms with Crippen molar-refractivity contribution in [1.29, 1.82) is 0 Å². The fourth-order valence-electron chi connectivity index (χ4n) is 4.40. The van der Waals surface area contributed by atoms with Crippen LogP contribution < -0.4 is 5.32 Å². The van der Waals surface area contributed by atoms with E-state index in [9.17, 15) is 5.11 Å². The number of aliphatic hydroxyl groups is 1. The van der Waals surface area contributed by atoms with Crippen molar-refractivity contribution in [3.63, 3.8) is 0 Å². The van der Waals surface area contributed by atoms with Crippen LogP contribution in [0.25, 0.3) is 0 Å². The van der Waals surface area contributed by atoms with Gasteiger partial charge in [0.2, 0.25) is 0 Å². The summed E-state index contributed by atoms with van der Waals surface area (Å²) in [4.78, 5) is 2.55. The van der Waals surface area contributed by atoms with Gasteiger partial charge in [0, 0.05) is 18.6 Å². The average molecular weight is 282 g/mol. The molecule has 118 valence electrons. The summed E-state index contributed by atoms with van der Waals surface area (Å²) in [5.74, 6) is 2.40. The van der Waals surface area contributed by atoms with E-state index in [-0.39, 0.29) is 0 Å². The van der Waals surface area contributed by atoms with E-state index in [0.29, 0.717) is 18.7 Å². The van der Waals surface area contributed by atoms with Gasteiger partial charge in [-0.25, -0.2) is 0 Å². The molecule has 0 aromatic heterocycles. The van der Waals surface area contributed by atoms with Crippen LogP contribution in [0.4, 0.5) is 0 Å².